The fourth-order valence-electron chi connectivity index (χ4n) is 2.02. The first-order valence-corrected chi connectivity index (χ1v) is 6.27. The third kappa shape index (κ3) is 2.72. The van der Waals surface area contributed by atoms with E-state index in [1.165, 1.54) is 9.80 Å². The Morgan fingerprint density at radius 2 is 2.16 bits per heavy atom. The van der Waals surface area contributed by atoms with E-state index >= 15 is 0 Å². The van der Waals surface area contributed by atoms with E-state index in [-0.39, 0.29) is 24.8 Å². The van der Waals surface area contributed by atoms with Gasteiger partial charge in [-0.1, -0.05) is 11.6 Å². The molecule has 0 aromatic heterocycles. The van der Waals surface area contributed by atoms with Gasteiger partial charge < -0.3 is 14.9 Å². The van der Waals surface area contributed by atoms with Gasteiger partial charge in [0, 0.05) is 19.8 Å². The molecule has 0 saturated carbocycles. The maximum absolute atomic E-state index is 12.0. The third-order valence-corrected chi connectivity index (χ3v) is 3.33. The van der Waals surface area contributed by atoms with Crippen molar-refractivity contribution in [2.75, 3.05) is 25.5 Å². The van der Waals surface area contributed by atoms with Crippen LogP contribution in [0.15, 0.2) is 18.2 Å². The van der Waals surface area contributed by atoms with Gasteiger partial charge in [-0.2, -0.15) is 0 Å². The Morgan fingerprint density at radius 3 is 2.68 bits per heavy atom. The summed E-state index contributed by atoms with van der Waals surface area (Å²) in [7, 11) is 3.27. The zero-order chi connectivity index (χ0) is 14.2. The highest BCUT2D eigenvalue weighted by Crippen LogP contribution is 2.27. The Labute approximate surface area is 116 Å². The summed E-state index contributed by atoms with van der Waals surface area (Å²) < 4.78 is 0. The Balaban J connectivity index is 2.36. The summed E-state index contributed by atoms with van der Waals surface area (Å²) in [6, 6.07) is 4.84. The van der Waals surface area contributed by atoms with Crippen molar-refractivity contribution in [3.8, 4) is 0 Å². The molecule has 1 aliphatic heterocycles. The second kappa shape index (κ2) is 5.19. The smallest absolute Gasteiger partial charge is 0.254 e. The van der Waals surface area contributed by atoms with Gasteiger partial charge in [0.2, 0.25) is 5.91 Å². The molecule has 1 fully saturated rings. The summed E-state index contributed by atoms with van der Waals surface area (Å²) in [5.41, 5.74) is 0.925. The molecule has 2 rings (SSSR count). The molecular formula is C13H15ClN2O3. The average Bonchev–Trinajstić information content (AvgIpc) is 2.68. The van der Waals surface area contributed by atoms with Crippen molar-refractivity contribution in [2.45, 2.75) is 12.5 Å². The maximum Gasteiger partial charge on any atom is 0.254 e. The van der Waals surface area contributed by atoms with Gasteiger partial charge in [0.25, 0.3) is 5.91 Å². The summed E-state index contributed by atoms with van der Waals surface area (Å²) in [5, 5.41) is 9.83. The molecular weight excluding hydrogens is 268 g/mol. The number of hydrogen-bond donors (Lipinski definition) is 1. The zero-order valence-electron chi connectivity index (χ0n) is 10.8. The van der Waals surface area contributed by atoms with Gasteiger partial charge in [-0.25, -0.2) is 0 Å². The quantitative estimate of drug-likeness (QED) is 0.885. The molecule has 1 aromatic carbocycles. The Morgan fingerprint density at radius 1 is 1.47 bits per heavy atom. The van der Waals surface area contributed by atoms with Crippen LogP contribution in [0.3, 0.4) is 0 Å². The van der Waals surface area contributed by atoms with Crippen LogP contribution in [0.5, 0.6) is 0 Å². The summed E-state index contributed by atoms with van der Waals surface area (Å²) >= 11 is 6.01. The molecule has 102 valence electrons. The molecule has 1 aromatic rings. The lowest BCUT2D eigenvalue weighted by atomic mass is 10.1. The van der Waals surface area contributed by atoms with Crippen molar-refractivity contribution in [1.82, 2.24) is 4.90 Å². The fraction of sp³-hybridized carbons (Fsp3) is 0.385. The van der Waals surface area contributed by atoms with E-state index in [1.807, 2.05) is 0 Å². The Hall–Kier alpha value is -1.59. The van der Waals surface area contributed by atoms with Crippen molar-refractivity contribution in [1.29, 1.82) is 0 Å². The molecule has 1 heterocycles. The van der Waals surface area contributed by atoms with Crippen LogP contribution in [-0.4, -0.2) is 48.6 Å². The van der Waals surface area contributed by atoms with Gasteiger partial charge in [-0.05, 0) is 18.2 Å². The summed E-state index contributed by atoms with van der Waals surface area (Å²) in [6.07, 6.45) is -0.546. The molecule has 6 heteroatoms. The SMILES string of the molecule is CN(C)C(=O)c1cc(N2CC(O)CC2=O)ccc1Cl. The molecule has 19 heavy (non-hydrogen) atoms. The van der Waals surface area contributed by atoms with E-state index in [4.69, 9.17) is 11.6 Å². The topological polar surface area (TPSA) is 60.9 Å². The van der Waals surface area contributed by atoms with Crippen LogP contribution in [0.2, 0.25) is 5.02 Å². The number of nitrogens with zero attached hydrogens (tertiary/aromatic N) is 2. The molecule has 0 spiro atoms. The largest absolute Gasteiger partial charge is 0.391 e. The van der Waals surface area contributed by atoms with Gasteiger partial charge in [0.05, 0.1) is 29.7 Å². The average molecular weight is 283 g/mol. The van der Waals surface area contributed by atoms with Crippen LogP contribution in [-0.2, 0) is 4.79 Å². The second-order valence-corrected chi connectivity index (χ2v) is 5.13. The summed E-state index contributed by atoms with van der Waals surface area (Å²) in [6.45, 7) is 0.246. The van der Waals surface area contributed by atoms with Gasteiger partial charge in [0.1, 0.15) is 0 Å². The molecule has 1 aliphatic rings. The van der Waals surface area contributed by atoms with E-state index in [2.05, 4.69) is 0 Å². The highest BCUT2D eigenvalue weighted by molar-refractivity contribution is 6.34. The van der Waals surface area contributed by atoms with Crippen molar-refractivity contribution >= 4 is 29.1 Å². The van der Waals surface area contributed by atoms with Gasteiger partial charge in [-0.3, -0.25) is 9.59 Å². The lowest BCUT2D eigenvalue weighted by molar-refractivity contribution is -0.117. The normalized spacial score (nSPS) is 18.8. The molecule has 0 radical (unpaired) electrons. The standard InChI is InChI=1S/C13H15ClN2O3/c1-15(2)13(19)10-5-8(3-4-11(10)14)16-7-9(17)6-12(16)18/h3-5,9,17H,6-7H2,1-2H3. The molecule has 0 aliphatic carbocycles. The van der Waals surface area contributed by atoms with Crippen LogP contribution in [0.4, 0.5) is 5.69 Å². The summed E-state index contributed by atoms with van der Waals surface area (Å²) in [5.74, 6) is -0.378. The first-order chi connectivity index (χ1) is 8.90. The molecule has 0 bridgehead atoms. The molecule has 1 atom stereocenters. The van der Waals surface area contributed by atoms with Crippen LogP contribution in [0, 0.1) is 0 Å². The third-order valence-electron chi connectivity index (χ3n) is 3.00. The monoisotopic (exact) mass is 282 g/mol. The second-order valence-electron chi connectivity index (χ2n) is 4.73. The van der Waals surface area contributed by atoms with Crippen LogP contribution in [0.25, 0.3) is 0 Å². The van der Waals surface area contributed by atoms with Crippen LogP contribution < -0.4 is 4.90 Å². The van der Waals surface area contributed by atoms with Gasteiger partial charge in [-0.15, -0.1) is 0 Å². The number of carbonyl (C=O) groups excluding carboxylic acids is 2. The molecule has 5 nitrogen and oxygen atoms in total. The van der Waals surface area contributed by atoms with Gasteiger partial charge in [0.15, 0.2) is 0 Å². The Kier molecular flexibility index (Phi) is 3.78. The van der Waals surface area contributed by atoms with Crippen molar-refractivity contribution in [2.24, 2.45) is 0 Å². The van der Waals surface area contributed by atoms with E-state index < -0.39 is 6.10 Å². The predicted molar refractivity (Wildman–Crippen MR) is 72.4 cm³/mol. The number of anilines is 1. The number of β-amino-alcohol motifs (C(OH)–C–C–N with tert-alkyl or cyclic N) is 1. The molecule has 1 unspecified atom stereocenters. The molecule has 2 amide bonds. The molecule has 1 saturated heterocycles. The number of benzene rings is 1. The summed E-state index contributed by atoms with van der Waals surface area (Å²) in [4.78, 5) is 26.6. The minimum atomic E-state index is -0.656. The number of amides is 2. The van der Waals surface area contributed by atoms with Gasteiger partial charge >= 0.3 is 0 Å². The lowest BCUT2D eigenvalue weighted by Gasteiger charge is -2.18. The first kappa shape index (κ1) is 13.8. The van der Waals surface area contributed by atoms with E-state index in [9.17, 15) is 14.7 Å². The first-order valence-electron chi connectivity index (χ1n) is 5.89. The number of aliphatic hydroxyl groups is 1. The number of hydrogen-bond acceptors (Lipinski definition) is 3. The highest BCUT2D eigenvalue weighted by atomic mass is 35.5. The van der Waals surface area contributed by atoms with Crippen LogP contribution in [0.1, 0.15) is 16.8 Å². The number of carbonyl (C=O) groups is 2. The zero-order valence-corrected chi connectivity index (χ0v) is 11.5. The molecule has 1 N–H and O–H groups in total. The van der Waals surface area contributed by atoms with Crippen molar-refractivity contribution < 1.29 is 14.7 Å². The lowest BCUT2D eigenvalue weighted by Crippen LogP contribution is -2.26. The van der Waals surface area contributed by atoms with E-state index in [0.717, 1.165) is 0 Å². The predicted octanol–water partition coefficient (Wildman–Crippen LogP) is 1.14. The number of aliphatic hydroxyl groups excluding tert-OH is 1. The van der Waals surface area contributed by atoms with Crippen molar-refractivity contribution in [3.63, 3.8) is 0 Å². The maximum atomic E-state index is 12.0. The number of halogens is 1. The van der Waals surface area contributed by atoms with E-state index in [0.29, 0.717) is 16.3 Å². The fourth-order valence-corrected chi connectivity index (χ4v) is 2.22. The highest BCUT2D eigenvalue weighted by Gasteiger charge is 2.29. The van der Waals surface area contributed by atoms with Crippen LogP contribution >= 0.6 is 11.6 Å². The van der Waals surface area contributed by atoms with E-state index in [1.54, 1.807) is 32.3 Å². The minimum absolute atomic E-state index is 0.111. The van der Waals surface area contributed by atoms with Crippen molar-refractivity contribution in [3.05, 3.63) is 28.8 Å². The Bertz CT molecular complexity index is 531. The minimum Gasteiger partial charge on any atom is -0.391 e. The number of rotatable bonds is 2.